The molecular weight excluding hydrogens is 416 g/mol. The second kappa shape index (κ2) is 20.0. The summed E-state index contributed by atoms with van der Waals surface area (Å²) in [5.74, 6) is 0. The normalized spacial score (nSPS) is 14.5. The molecule has 0 aliphatic rings. The second-order valence-corrected chi connectivity index (χ2v) is 12.8. The molecule has 206 valence electrons. The summed E-state index contributed by atoms with van der Waals surface area (Å²) < 4.78 is 1.63. The fourth-order valence-corrected chi connectivity index (χ4v) is 5.34. The molecule has 0 saturated heterocycles. The first-order valence-corrected chi connectivity index (χ1v) is 15.5. The Morgan fingerprint density at radius 1 is 0.471 bits per heavy atom. The van der Waals surface area contributed by atoms with Crippen LogP contribution in [0.25, 0.3) is 0 Å². The van der Waals surface area contributed by atoms with Crippen molar-refractivity contribution in [1.29, 1.82) is 0 Å². The van der Waals surface area contributed by atoms with Crippen LogP contribution >= 0.6 is 0 Å². The highest BCUT2D eigenvalue weighted by Crippen LogP contribution is 2.23. The molecule has 0 aliphatic carbocycles. The third kappa shape index (κ3) is 18.2. The first-order chi connectivity index (χ1) is 16.1. The third-order valence-electron chi connectivity index (χ3n) is 8.22. The Kier molecular flexibility index (Phi) is 19.9. The minimum absolute atomic E-state index is 0.679. The van der Waals surface area contributed by atoms with E-state index < -0.39 is 5.72 Å². The summed E-state index contributed by atoms with van der Waals surface area (Å²) in [7, 11) is 9.08. The molecule has 0 aromatic rings. The van der Waals surface area contributed by atoms with Gasteiger partial charge in [0.25, 0.3) is 0 Å². The van der Waals surface area contributed by atoms with Crippen molar-refractivity contribution in [2.45, 2.75) is 155 Å². The monoisotopic (exact) mass is 485 g/mol. The molecule has 0 heterocycles. The average Bonchev–Trinajstić information content (AvgIpc) is 2.75. The number of hydrogen-bond donors (Lipinski definition) is 1. The van der Waals surface area contributed by atoms with E-state index in [9.17, 15) is 5.11 Å². The van der Waals surface area contributed by atoms with Crippen LogP contribution in [0.5, 0.6) is 0 Å². The summed E-state index contributed by atoms with van der Waals surface area (Å²) in [6.45, 7) is 9.72. The maximum atomic E-state index is 11.4. The maximum absolute atomic E-state index is 11.4. The zero-order valence-electron chi connectivity index (χ0n) is 25.1. The fourth-order valence-electron chi connectivity index (χ4n) is 5.34. The fraction of sp³-hybridized carbons (Fsp3) is 1.00. The van der Waals surface area contributed by atoms with Crippen molar-refractivity contribution in [3.05, 3.63) is 0 Å². The Bertz CT molecular complexity index is 445. The molecule has 0 fully saturated rings. The van der Waals surface area contributed by atoms with Crippen molar-refractivity contribution < 1.29 is 14.1 Å². The molecular formula is C31H68N2O+2. The van der Waals surface area contributed by atoms with Crippen LogP contribution in [0.15, 0.2) is 0 Å². The molecule has 34 heavy (non-hydrogen) atoms. The van der Waals surface area contributed by atoms with Crippen molar-refractivity contribution in [2.75, 3.05) is 47.8 Å². The van der Waals surface area contributed by atoms with Crippen LogP contribution in [-0.4, -0.2) is 67.6 Å². The van der Waals surface area contributed by atoms with Crippen LogP contribution in [0, 0.1) is 0 Å². The zero-order valence-corrected chi connectivity index (χ0v) is 25.1. The maximum Gasteiger partial charge on any atom is 0.247 e. The molecule has 0 aliphatic heterocycles. The van der Waals surface area contributed by atoms with Crippen LogP contribution in [0.2, 0.25) is 0 Å². The van der Waals surface area contributed by atoms with Gasteiger partial charge in [0.05, 0.1) is 41.3 Å². The predicted octanol–water partition coefficient (Wildman–Crippen LogP) is 8.69. The number of quaternary nitrogens is 2. The summed E-state index contributed by atoms with van der Waals surface area (Å²) in [5.41, 5.74) is -0.679. The smallest absolute Gasteiger partial charge is 0.247 e. The van der Waals surface area contributed by atoms with Gasteiger partial charge >= 0.3 is 0 Å². The van der Waals surface area contributed by atoms with Gasteiger partial charge in [0.1, 0.15) is 0 Å². The molecule has 1 N–H and O–H groups in total. The van der Waals surface area contributed by atoms with Gasteiger partial charge in [-0.25, -0.2) is 0 Å². The average molecular weight is 485 g/mol. The molecule has 3 heteroatoms. The molecule has 1 atom stereocenters. The quantitative estimate of drug-likeness (QED) is 0.0780. The minimum atomic E-state index is -0.679. The van der Waals surface area contributed by atoms with Crippen molar-refractivity contribution in [2.24, 2.45) is 0 Å². The van der Waals surface area contributed by atoms with Crippen molar-refractivity contribution in [3.8, 4) is 0 Å². The van der Waals surface area contributed by atoms with E-state index in [1.165, 1.54) is 135 Å². The van der Waals surface area contributed by atoms with Gasteiger partial charge in [0, 0.05) is 6.92 Å². The number of nitrogens with zero attached hydrogens (tertiary/aromatic N) is 2. The van der Waals surface area contributed by atoms with E-state index in [2.05, 4.69) is 49.0 Å². The highest BCUT2D eigenvalue weighted by atomic mass is 16.3. The van der Waals surface area contributed by atoms with E-state index in [0.29, 0.717) is 4.48 Å². The molecule has 0 rings (SSSR count). The van der Waals surface area contributed by atoms with Crippen LogP contribution < -0.4 is 0 Å². The molecule has 0 amide bonds. The molecule has 1 unspecified atom stereocenters. The Morgan fingerprint density at radius 3 is 1.12 bits per heavy atom. The SMILES string of the molecule is CCCCCCCCCCCC[N+](C)(C)CC(C)(O)[N+](C)(C)CCCCCCCCCCCC. The molecule has 3 nitrogen and oxygen atoms in total. The number of unbranched alkanes of at least 4 members (excludes halogenated alkanes) is 18. The summed E-state index contributed by atoms with van der Waals surface area (Å²) in [6, 6.07) is 0. The van der Waals surface area contributed by atoms with Crippen molar-refractivity contribution in [1.82, 2.24) is 0 Å². The molecule has 0 aromatic carbocycles. The second-order valence-electron chi connectivity index (χ2n) is 12.8. The van der Waals surface area contributed by atoms with Crippen LogP contribution in [0.1, 0.15) is 149 Å². The lowest BCUT2D eigenvalue weighted by Crippen LogP contribution is -2.66. The Balaban J connectivity index is 3.99. The molecule has 0 spiro atoms. The standard InChI is InChI=1S/C31H68N2O/c1-8-10-12-14-16-18-20-22-24-26-28-32(4,5)30-31(3,34)33(6,7)29-27-25-23-21-19-17-15-13-11-9-2/h34H,8-30H2,1-7H3/q+2. The predicted molar refractivity (Wildman–Crippen MR) is 153 cm³/mol. The highest BCUT2D eigenvalue weighted by molar-refractivity contribution is 4.61. The van der Waals surface area contributed by atoms with Gasteiger partial charge < -0.3 is 9.59 Å². The van der Waals surface area contributed by atoms with E-state index in [1.54, 1.807) is 0 Å². The minimum Gasteiger partial charge on any atom is -0.338 e. The van der Waals surface area contributed by atoms with Gasteiger partial charge in [0.2, 0.25) is 5.72 Å². The van der Waals surface area contributed by atoms with Gasteiger partial charge in [0.15, 0.2) is 6.54 Å². The van der Waals surface area contributed by atoms with Gasteiger partial charge in [-0.2, -0.15) is 0 Å². The lowest BCUT2D eigenvalue weighted by Gasteiger charge is -2.46. The molecule has 0 radical (unpaired) electrons. The number of likely N-dealkylation sites (N-methyl/N-ethyl adjacent to an activating group) is 2. The first-order valence-electron chi connectivity index (χ1n) is 15.5. The Labute approximate surface area is 216 Å². The van der Waals surface area contributed by atoms with Gasteiger partial charge in [-0.3, -0.25) is 4.48 Å². The number of hydrogen-bond acceptors (Lipinski definition) is 1. The van der Waals surface area contributed by atoms with Crippen LogP contribution in [0.4, 0.5) is 0 Å². The topological polar surface area (TPSA) is 20.2 Å². The van der Waals surface area contributed by atoms with Crippen LogP contribution in [0.3, 0.4) is 0 Å². The lowest BCUT2D eigenvalue weighted by atomic mass is 10.0. The summed E-state index contributed by atoms with van der Waals surface area (Å²) in [4.78, 5) is 0. The van der Waals surface area contributed by atoms with Crippen molar-refractivity contribution in [3.63, 3.8) is 0 Å². The van der Waals surface area contributed by atoms with E-state index >= 15 is 0 Å². The Morgan fingerprint density at radius 2 is 0.765 bits per heavy atom. The molecule has 0 saturated carbocycles. The summed E-state index contributed by atoms with van der Waals surface area (Å²) >= 11 is 0. The first kappa shape index (κ1) is 33.9. The Hall–Kier alpha value is -0.120. The van der Waals surface area contributed by atoms with Gasteiger partial charge in [-0.05, 0) is 25.7 Å². The van der Waals surface area contributed by atoms with E-state index in [-0.39, 0.29) is 0 Å². The molecule has 0 aromatic heterocycles. The largest absolute Gasteiger partial charge is 0.338 e. The van der Waals surface area contributed by atoms with E-state index in [0.717, 1.165) is 17.6 Å². The summed E-state index contributed by atoms with van der Waals surface area (Å²) in [5, 5.41) is 11.4. The highest BCUT2D eigenvalue weighted by Gasteiger charge is 2.44. The zero-order chi connectivity index (χ0) is 25.8. The lowest BCUT2D eigenvalue weighted by molar-refractivity contribution is -1.01. The van der Waals surface area contributed by atoms with E-state index in [4.69, 9.17) is 0 Å². The number of aliphatic hydroxyl groups is 1. The number of rotatable bonds is 25. The van der Waals surface area contributed by atoms with Crippen molar-refractivity contribution >= 4 is 0 Å². The van der Waals surface area contributed by atoms with Crippen LogP contribution in [-0.2, 0) is 0 Å². The summed E-state index contributed by atoms with van der Waals surface area (Å²) in [6.07, 6.45) is 27.6. The van der Waals surface area contributed by atoms with E-state index in [1.807, 2.05) is 0 Å². The molecule has 0 bridgehead atoms. The third-order valence-corrected chi connectivity index (χ3v) is 8.22. The van der Waals surface area contributed by atoms with Gasteiger partial charge in [-0.15, -0.1) is 0 Å². The van der Waals surface area contributed by atoms with Gasteiger partial charge in [-0.1, -0.05) is 117 Å².